The number of hydrogen-bond acceptors (Lipinski definition) is 4. The van der Waals surface area contributed by atoms with Crippen molar-refractivity contribution in [2.75, 3.05) is 18.4 Å². The smallest absolute Gasteiger partial charge is 0.241 e. The predicted molar refractivity (Wildman–Crippen MR) is 122 cm³/mol. The number of furan rings is 1. The van der Waals surface area contributed by atoms with E-state index in [0.29, 0.717) is 5.56 Å². The van der Waals surface area contributed by atoms with Crippen LogP contribution < -0.4 is 5.32 Å². The predicted octanol–water partition coefficient (Wildman–Crippen LogP) is 5.26. The third kappa shape index (κ3) is 3.97. The minimum atomic E-state index is -0.307. The maximum atomic E-state index is 13.1. The van der Waals surface area contributed by atoms with Gasteiger partial charge in [-0.3, -0.25) is 14.5 Å². The fraction of sp³-hybridized carbons (Fsp3) is 0.231. The highest BCUT2D eigenvalue weighted by Crippen LogP contribution is 2.30. The lowest BCUT2D eigenvalue weighted by Crippen LogP contribution is -2.49. The van der Waals surface area contributed by atoms with Gasteiger partial charge in [-0.2, -0.15) is 0 Å². The number of piperidine rings is 1. The standard InChI is InChI=1S/C26H24N2O3/c29-23(18-8-2-1-3-9-18)17-28-15-7-6-11-22(28)26(30)27-19-13-14-25-21(16-19)20-10-4-5-12-24(20)31-25/h1-5,8-10,12-14,16,22H,6-7,11,15,17H2,(H,27,30)/t22-/m0/s1. The minimum absolute atomic E-state index is 0.0478. The topological polar surface area (TPSA) is 62.6 Å². The molecule has 5 heteroatoms. The SMILES string of the molecule is O=C(CN1CCCC[C@H]1C(=O)Nc1ccc2oc3ccccc3c2c1)c1ccccc1. The number of likely N-dealkylation sites (tertiary alicyclic amines) is 1. The van der Waals surface area contributed by atoms with E-state index in [9.17, 15) is 9.59 Å². The van der Waals surface area contributed by atoms with Crippen molar-refractivity contribution < 1.29 is 14.0 Å². The maximum absolute atomic E-state index is 13.1. The summed E-state index contributed by atoms with van der Waals surface area (Å²) >= 11 is 0. The highest BCUT2D eigenvalue weighted by Gasteiger charge is 2.30. The Bertz CT molecular complexity index is 1250. The van der Waals surface area contributed by atoms with Crippen molar-refractivity contribution in [1.29, 1.82) is 0 Å². The normalized spacial score (nSPS) is 17.1. The first-order valence-corrected chi connectivity index (χ1v) is 10.7. The fourth-order valence-electron chi connectivity index (χ4n) is 4.41. The van der Waals surface area contributed by atoms with Crippen molar-refractivity contribution in [3.05, 3.63) is 78.4 Å². The number of benzene rings is 3. The Hall–Kier alpha value is -3.44. The summed E-state index contributed by atoms with van der Waals surface area (Å²) in [6, 6.07) is 22.6. The van der Waals surface area contributed by atoms with Gasteiger partial charge < -0.3 is 9.73 Å². The molecule has 0 unspecified atom stereocenters. The molecule has 0 radical (unpaired) electrons. The molecule has 0 bridgehead atoms. The van der Waals surface area contributed by atoms with Gasteiger partial charge in [-0.15, -0.1) is 0 Å². The van der Waals surface area contributed by atoms with Gasteiger partial charge in [0.05, 0.1) is 12.6 Å². The summed E-state index contributed by atoms with van der Waals surface area (Å²) in [5, 5.41) is 5.08. The molecule has 1 N–H and O–H groups in total. The number of carbonyl (C=O) groups excluding carboxylic acids is 2. The van der Waals surface area contributed by atoms with Crippen LogP contribution in [0.1, 0.15) is 29.6 Å². The second-order valence-electron chi connectivity index (χ2n) is 8.07. The number of nitrogens with one attached hydrogen (secondary N) is 1. The summed E-state index contributed by atoms with van der Waals surface area (Å²) in [7, 11) is 0. The number of nitrogens with zero attached hydrogens (tertiary/aromatic N) is 1. The molecule has 1 aromatic heterocycles. The first-order valence-electron chi connectivity index (χ1n) is 10.7. The second kappa shape index (κ2) is 8.36. The van der Waals surface area contributed by atoms with Crippen LogP contribution in [0.4, 0.5) is 5.69 Å². The quantitative estimate of drug-likeness (QED) is 0.454. The molecule has 2 heterocycles. The van der Waals surface area contributed by atoms with Crippen LogP contribution in [0.2, 0.25) is 0 Å². The van der Waals surface area contributed by atoms with E-state index in [1.807, 2.05) is 77.7 Å². The number of carbonyl (C=O) groups is 2. The summed E-state index contributed by atoms with van der Waals surface area (Å²) in [5.41, 5.74) is 3.05. The van der Waals surface area contributed by atoms with Gasteiger partial charge in [-0.1, -0.05) is 55.0 Å². The Kier molecular flexibility index (Phi) is 5.26. The molecular weight excluding hydrogens is 388 g/mol. The van der Waals surface area contributed by atoms with Crippen LogP contribution >= 0.6 is 0 Å². The Morgan fingerprint density at radius 2 is 1.68 bits per heavy atom. The number of para-hydroxylation sites is 1. The molecule has 1 amide bonds. The number of amides is 1. The molecular formula is C26H24N2O3. The van der Waals surface area contributed by atoms with Gasteiger partial charge in [0.2, 0.25) is 5.91 Å². The summed E-state index contributed by atoms with van der Waals surface area (Å²) in [6.07, 6.45) is 2.74. The number of fused-ring (bicyclic) bond motifs is 3. The number of rotatable bonds is 5. The van der Waals surface area contributed by atoms with E-state index in [4.69, 9.17) is 4.42 Å². The molecule has 0 saturated carbocycles. The first kappa shape index (κ1) is 19.5. The monoisotopic (exact) mass is 412 g/mol. The average molecular weight is 412 g/mol. The van der Waals surface area contributed by atoms with Gasteiger partial charge in [-0.25, -0.2) is 0 Å². The number of anilines is 1. The molecule has 0 spiro atoms. The molecule has 4 aromatic rings. The van der Waals surface area contributed by atoms with Crippen LogP contribution in [0, 0.1) is 0 Å². The third-order valence-electron chi connectivity index (χ3n) is 6.00. The van der Waals surface area contributed by atoms with Gasteiger partial charge in [0, 0.05) is 22.0 Å². The van der Waals surface area contributed by atoms with Crippen LogP contribution in [0.15, 0.2) is 77.2 Å². The first-order chi connectivity index (χ1) is 15.2. The minimum Gasteiger partial charge on any atom is -0.456 e. The number of Topliss-reactive ketones (excluding diaryl/α,β-unsaturated/α-hetero) is 1. The van der Waals surface area contributed by atoms with Crippen LogP contribution in [0.5, 0.6) is 0 Å². The Balaban J connectivity index is 1.34. The molecule has 1 aliphatic heterocycles. The highest BCUT2D eigenvalue weighted by atomic mass is 16.3. The number of ketones is 1. The Morgan fingerprint density at radius 1 is 0.903 bits per heavy atom. The van der Waals surface area contributed by atoms with Crippen molar-refractivity contribution in [3.8, 4) is 0 Å². The largest absolute Gasteiger partial charge is 0.456 e. The maximum Gasteiger partial charge on any atom is 0.241 e. The van der Waals surface area contributed by atoms with E-state index in [1.54, 1.807) is 0 Å². The van der Waals surface area contributed by atoms with Gasteiger partial charge in [0.15, 0.2) is 5.78 Å². The highest BCUT2D eigenvalue weighted by molar-refractivity contribution is 6.07. The van der Waals surface area contributed by atoms with Gasteiger partial charge in [0.1, 0.15) is 11.2 Å². The summed E-state index contributed by atoms with van der Waals surface area (Å²) in [4.78, 5) is 27.9. The van der Waals surface area contributed by atoms with Gasteiger partial charge in [-0.05, 0) is 43.7 Å². The lowest BCUT2D eigenvalue weighted by Gasteiger charge is -2.34. The number of hydrogen-bond donors (Lipinski definition) is 1. The molecule has 3 aromatic carbocycles. The molecule has 1 fully saturated rings. The van der Waals surface area contributed by atoms with Crippen LogP contribution in [0.3, 0.4) is 0 Å². The Morgan fingerprint density at radius 3 is 2.55 bits per heavy atom. The average Bonchev–Trinajstić information content (AvgIpc) is 3.18. The molecule has 5 rings (SSSR count). The van der Waals surface area contributed by atoms with Crippen molar-refractivity contribution in [2.45, 2.75) is 25.3 Å². The summed E-state index contributed by atoms with van der Waals surface area (Å²) < 4.78 is 5.87. The zero-order valence-corrected chi connectivity index (χ0v) is 17.2. The molecule has 156 valence electrons. The van der Waals surface area contributed by atoms with E-state index in [-0.39, 0.29) is 24.3 Å². The van der Waals surface area contributed by atoms with E-state index in [2.05, 4.69) is 5.32 Å². The zero-order valence-electron chi connectivity index (χ0n) is 17.2. The van der Waals surface area contributed by atoms with Crippen molar-refractivity contribution in [3.63, 3.8) is 0 Å². The lowest BCUT2D eigenvalue weighted by molar-refractivity contribution is -0.122. The van der Waals surface area contributed by atoms with Crippen molar-refractivity contribution in [2.24, 2.45) is 0 Å². The summed E-state index contributed by atoms with van der Waals surface area (Å²) in [5.74, 6) is -0.0145. The van der Waals surface area contributed by atoms with Crippen molar-refractivity contribution in [1.82, 2.24) is 4.90 Å². The van der Waals surface area contributed by atoms with Crippen LogP contribution in [-0.4, -0.2) is 35.7 Å². The van der Waals surface area contributed by atoms with Crippen LogP contribution in [0.25, 0.3) is 21.9 Å². The zero-order chi connectivity index (χ0) is 21.2. The third-order valence-corrected chi connectivity index (χ3v) is 6.00. The molecule has 31 heavy (non-hydrogen) atoms. The molecule has 0 aliphatic carbocycles. The molecule has 1 atom stereocenters. The van der Waals surface area contributed by atoms with Crippen LogP contribution in [-0.2, 0) is 4.79 Å². The van der Waals surface area contributed by atoms with Gasteiger partial charge >= 0.3 is 0 Å². The lowest BCUT2D eigenvalue weighted by atomic mass is 10.00. The molecule has 1 saturated heterocycles. The fourth-order valence-corrected chi connectivity index (χ4v) is 4.41. The van der Waals surface area contributed by atoms with E-state index in [0.717, 1.165) is 53.4 Å². The van der Waals surface area contributed by atoms with E-state index < -0.39 is 0 Å². The molecule has 5 nitrogen and oxygen atoms in total. The van der Waals surface area contributed by atoms with E-state index in [1.165, 1.54) is 0 Å². The second-order valence-corrected chi connectivity index (χ2v) is 8.07. The Labute approximate surface area is 180 Å². The summed E-state index contributed by atoms with van der Waals surface area (Å²) in [6.45, 7) is 1.01. The van der Waals surface area contributed by atoms with E-state index >= 15 is 0 Å². The van der Waals surface area contributed by atoms with Gasteiger partial charge in [0.25, 0.3) is 0 Å². The molecule has 1 aliphatic rings. The van der Waals surface area contributed by atoms with Crippen molar-refractivity contribution >= 4 is 39.3 Å².